The number of aromatic nitrogens is 1. The Kier molecular flexibility index (Phi) is 6.18. The Labute approximate surface area is 121 Å². The fourth-order valence-electron chi connectivity index (χ4n) is 1.34. The topological polar surface area (TPSA) is 85.4 Å². The largest absolute Gasteiger partial charge is 0.466 e. The predicted octanol–water partition coefficient (Wildman–Crippen LogP) is 1.73. The molecule has 1 aromatic rings. The van der Waals surface area contributed by atoms with Crippen molar-refractivity contribution in [2.45, 2.75) is 30.9 Å². The zero-order valence-electron chi connectivity index (χ0n) is 10.6. The Morgan fingerprint density at radius 2 is 2.21 bits per heavy atom. The van der Waals surface area contributed by atoms with Crippen LogP contribution in [0.25, 0.3) is 0 Å². The van der Waals surface area contributed by atoms with Crippen LogP contribution < -0.4 is 4.72 Å². The molecular weight excluding hydrogens is 312 g/mol. The van der Waals surface area contributed by atoms with Gasteiger partial charge in [-0.2, -0.15) is 0 Å². The molecule has 1 N–H and O–H groups in total. The molecule has 0 bridgehead atoms. The molecule has 1 rings (SSSR count). The van der Waals surface area contributed by atoms with E-state index in [1.54, 1.807) is 13.8 Å². The van der Waals surface area contributed by atoms with E-state index in [1.165, 1.54) is 0 Å². The van der Waals surface area contributed by atoms with Crippen LogP contribution in [0.15, 0.2) is 4.21 Å². The normalized spacial score (nSPS) is 11.5. The number of esters is 1. The van der Waals surface area contributed by atoms with Crippen LogP contribution in [0.1, 0.15) is 25.5 Å². The smallest absolute Gasteiger partial charge is 0.305 e. The number of hydrogen-bond donors (Lipinski definition) is 1. The molecule has 108 valence electrons. The monoisotopic (exact) mass is 326 g/mol. The average molecular weight is 327 g/mol. The highest BCUT2D eigenvalue weighted by atomic mass is 35.5. The van der Waals surface area contributed by atoms with Crippen LogP contribution in [0.4, 0.5) is 0 Å². The molecule has 0 saturated heterocycles. The van der Waals surface area contributed by atoms with Crippen LogP contribution >= 0.6 is 22.9 Å². The van der Waals surface area contributed by atoms with Gasteiger partial charge in [0.25, 0.3) is 10.0 Å². The van der Waals surface area contributed by atoms with Gasteiger partial charge in [0, 0.05) is 13.0 Å². The number of carbonyl (C=O) groups excluding carboxylic acids is 1. The molecule has 19 heavy (non-hydrogen) atoms. The molecule has 1 aromatic heterocycles. The number of nitrogens with one attached hydrogen (secondary N) is 1. The highest BCUT2D eigenvalue weighted by Crippen LogP contribution is 2.26. The SMILES string of the molecule is CCOC(=O)CCCNS(=O)(=O)c1sc(Cl)nc1C. The van der Waals surface area contributed by atoms with Crippen molar-refractivity contribution in [3.05, 3.63) is 10.2 Å². The van der Waals surface area contributed by atoms with Crippen molar-refractivity contribution in [1.29, 1.82) is 0 Å². The number of halogens is 1. The number of ether oxygens (including phenoxy) is 1. The van der Waals surface area contributed by atoms with Crippen molar-refractivity contribution < 1.29 is 17.9 Å². The second-order valence-corrected chi connectivity index (χ2v) is 7.19. The van der Waals surface area contributed by atoms with Gasteiger partial charge in [0.05, 0.1) is 12.3 Å². The van der Waals surface area contributed by atoms with E-state index in [0.29, 0.717) is 18.7 Å². The summed E-state index contributed by atoms with van der Waals surface area (Å²) in [4.78, 5) is 14.9. The maximum absolute atomic E-state index is 11.9. The minimum Gasteiger partial charge on any atom is -0.466 e. The maximum atomic E-state index is 11.9. The van der Waals surface area contributed by atoms with Gasteiger partial charge in [-0.05, 0) is 20.3 Å². The lowest BCUT2D eigenvalue weighted by atomic mass is 10.3. The van der Waals surface area contributed by atoms with E-state index in [1.807, 2.05) is 0 Å². The van der Waals surface area contributed by atoms with Gasteiger partial charge in [-0.15, -0.1) is 0 Å². The van der Waals surface area contributed by atoms with Gasteiger partial charge in [0.1, 0.15) is 0 Å². The van der Waals surface area contributed by atoms with E-state index < -0.39 is 10.0 Å². The second kappa shape index (κ2) is 7.18. The van der Waals surface area contributed by atoms with Crippen LogP contribution in [0.2, 0.25) is 4.47 Å². The molecular formula is C10H15ClN2O4S2. The van der Waals surface area contributed by atoms with Crippen molar-refractivity contribution in [2.75, 3.05) is 13.2 Å². The summed E-state index contributed by atoms with van der Waals surface area (Å²) in [5.74, 6) is -0.335. The molecule has 0 atom stereocenters. The molecule has 6 nitrogen and oxygen atoms in total. The van der Waals surface area contributed by atoms with Gasteiger partial charge >= 0.3 is 5.97 Å². The number of thiazole rings is 1. The van der Waals surface area contributed by atoms with Gasteiger partial charge in [-0.1, -0.05) is 22.9 Å². The predicted molar refractivity (Wildman–Crippen MR) is 72.9 cm³/mol. The Hall–Kier alpha value is -0.700. The lowest BCUT2D eigenvalue weighted by molar-refractivity contribution is -0.143. The standard InChI is InChI=1S/C10H15ClN2O4S2/c1-3-17-8(14)5-4-6-12-19(15,16)9-7(2)13-10(11)18-9/h12H,3-6H2,1-2H3. The molecule has 0 radical (unpaired) electrons. The minimum absolute atomic E-state index is 0.105. The molecule has 0 amide bonds. The van der Waals surface area contributed by atoms with Crippen LogP contribution in [0.5, 0.6) is 0 Å². The summed E-state index contributed by atoms with van der Waals surface area (Å²) in [6, 6.07) is 0. The number of nitrogens with zero attached hydrogens (tertiary/aromatic N) is 1. The zero-order chi connectivity index (χ0) is 14.5. The van der Waals surface area contributed by atoms with E-state index in [-0.39, 0.29) is 27.6 Å². The molecule has 0 aromatic carbocycles. The third-order valence-corrected chi connectivity index (χ3v) is 5.46. The quantitative estimate of drug-likeness (QED) is 0.609. The summed E-state index contributed by atoms with van der Waals surface area (Å²) in [6.45, 7) is 3.78. The third kappa shape index (κ3) is 5.06. The van der Waals surface area contributed by atoms with Crippen LogP contribution in [0.3, 0.4) is 0 Å². The highest BCUT2D eigenvalue weighted by molar-refractivity contribution is 7.91. The first-order valence-corrected chi connectivity index (χ1v) is 8.32. The molecule has 0 aliphatic heterocycles. The summed E-state index contributed by atoms with van der Waals surface area (Å²) in [7, 11) is -3.61. The highest BCUT2D eigenvalue weighted by Gasteiger charge is 2.20. The molecule has 0 unspecified atom stereocenters. The molecule has 9 heteroatoms. The molecule has 0 saturated carbocycles. The van der Waals surface area contributed by atoms with Crippen LogP contribution in [-0.4, -0.2) is 32.5 Å². The van der Waals surface area contributed by atoms with Gasteiger partial charge in [0.2, 0.25) is 0 Å². The average Bonchev–Trinajstić information content (AvgIpc) is 2.65. The first-order valence-electron chi connectivity index (χ1n) is 5.65. The molecule has 0 fully saturated rings. The van der Waals surface area contributed by atoms with Crippen molar-refractivity contribution in [3.8, 4) is 0 Å². The third-order valence-electron chi connectivity index (χ3n) is 2.13. The van der Waals surface area contributed by atoms with E-state index in [4.69, 9.17) is 16.3 Å². The summed E-state index contributed by atoms with van der Waals surface area (Å²) >= 11 is 6.57. The van der Waals surface area contributed by atoms with Crippen molar-refractivity contribution in [2.24, 2.45) is 0 Å². The van der Waals surface area contributed by atoms with Gasteiger partial charge < -0.3 is 4.74 Å². The van der Waals surface area contributed by atoms with Gasteiger partial charge in [-0.25, -0.2) is 18.1 Å². The molecule has 1 heterocycles. The number of carbonyl (C=O) groups is 1. The van der Waals surface area contributed by atoms with Crippen LogP contribution in [-0.2, 0) is 19.6 Å². The Bertz CT molecular complexity index is 542. The summed E-state index contributed by atoms with van der Waals surface area (Å²) in [5.41, 5.74) is 0.368. The van der Waals surface area contributed by atoms with Gasteiger partial charge in [0.15, 0.2) is 8.68 Å². The maximum Gasteiger partial charge on any atom is 0.305 e. The van der Waals surface area contributed by atoms with E-state index in [2.05, 4.69) is 9.71 Å². The summed E-state index contributed by atoms with van der Waals surface area (Å²) in [5, 5.41) is 0. The van der Waals surface area contributed by atoms with E-state index in [9.17, 15) is 13.2 Å². The van der Waals surface area contributed by atoms with Crippen molar-refractivity contribution in [1.82, 2.24) is 9.71 Å². The van der Waals surface area contributed by atoms with Crippen molar-refractivity contribution >= 4 is 38.9 Å². The second-order valence-electron chi connectivity index (χ2n) is 3.65. The number of sulfonamides is 1. The number of hydrogen-bond acceptors (Lipinski definition) is 6. The molecule has 0 aliphatic rings. The van der Waals surface area contributed by atoms with Gasteiger partial charge in [-0.3, -0.25) is 4.79 Å². The number of aryl methyl sites for hydroxylation is 1. The Morgan fingerprint density at radius 1 is 1.53 bits per heavy atom. The van der Waals surface area contributed by atoms with E-state index in [0.717, 1.165) is 11.3 Å². The first-order chi connectivity index (χ1) is 8.86. The van der Waals surface area contributed by atoms with Crippen molar-refractivity contribution in [3.63, 3.8) is 0 Å². The fraction of sp³-hybridized carbons (Fsp3) is 0.600. The zero-order valence-corrected chi connectivity index (χ0v) is 13.0. The first kappa shape index (κ1) is 16.4. The summed E-state index contributed by atoms with van der Waals surface area (Å²) < 4.78 is 31.3. The summed E-state index contributed by atoms with van der Waals surface area (Å²) in [6.07, 6.45) is 0.558. The fourth-order valence-corrected chi connectivity index (χ4v) is 4.19. The lowest BCUT2D eigenvalue weighted by Gasteiger charge is -2.05. The van der Waals surface area contributed by atoms with E-state index >= 15 is 0 Å². The molecule has 0 spiro atoms. The molecule has 0 aliphatic carbocycles. The minimum atomic E-state index is -3.61. The Morgan fingerprint density at radius 3 is 2.74 bits per heavy atom. The number of rotatable bonds is 7. The lowest BCUT2D eigenvalue weighted by Crippen LogP contribution is -2.25. The Balaban J connectivity index is 2.48. The van der Waals surface area contributed by atoms with Crippen LogP contribution in [0, 0.1) is 6.92 Å².